The van der Waals surface area contributed by atoms with E-state index >= 15 is 0 Å². The molecule has 98 valence electrons. The molecule has 0 bridgehead atoms. The van der Waals surface area contributed by atoms with E-state index in [0.717, 1.165) is 17.7 Å². The summed E-state index contributed by atoms with van der Waals surface area (Å²) in [5.41, 5.74) is 1.93. The lowest BCUT2D eigenvalue weighted by molar-refractivity contribution is -0.385. The van der Waals surface area contributed by atoms with Gasteiger partial charge < -0.3 is 5.32 Å². The van der Waals surface area contributed by atoms with E-state index in [2.05, 4.69) is 12.2 Å². The summed E-state index contributed by atoms with van der Waals surface area (Å²) in [5.74, 6) is 0.713. The minimum atomic E-state index is -0.309. The van der Waals surface area contributed by atoms with Gasteiger partial charge in [-0.3, -0.25) is 10.1 Å². The normalized spacial score (nSPS) is 23.2. The van der Waals surface area contributed by atoms with Crippen molar-refractivity contribution in [2.24, 2.45) is 5.92 Å². The number of rotatable bonds is 4. The van der Waals surface area contributed by atoms with Crippen LogP contribution < -0.4 is 5.32 Å². The molecule has 1 aliphatic rings. The Morgan fingerprint density at radius 1 is 1.44 bits per heavy atom. The van der Waals surface area contributed by atoms with Gasteiger partial charge in [0.25, 0.3) is 5.69 Å². The van der Waals surface area contributed by atoms with Gasteiger partial charge in [-0.25, -0.2) is 0 Å². The molecule has 1 aliphatic carbocycles. The predicted molar refractivity (Wildman–Crippen MR) is 71.5 cm³/mol. The van der Waals surface area contributed by atoms with Crippen LogP contribution in [0.5, 0.6) is 0 Å². The van der Waals surface area contributed by atoms with E-state index in [9.17, 15) is 10.1 Å². The molecule has 1 fully saturated rings. The largest absolute Gasteiger partial charge is 0.310 e. The van der Waals surface area contributed by atoms with E-state index in [-0.39, 0.29) is 10.6 Å². The molecule has 2 unspecified atom stereocenters. The second-order valence-corrected chi connectivity index (χ2v) is 5.27. The molecule has 2 atom stereocenters. The smallest absolute Gasteiger partial charge is 0.272 e. The van der Waals surface area contributed by atoms with Gasteiger partial charge in [0, 0.05) is 24.2 Å². The monoisotopic (exact) mass is 248 g/mol. The highest BCUT2D eigenvalue weighted by Gasteiger charge is 2.22. The standard InChI is InChI=1S/C14H20N2O2/c1-10-4-3-5-13(10)15-9-12-7-6-11(2)14(8-12)16(17)18/h6-8,10,13,15H,3-5,9H2,1-2H3. The highest BCUT2D eigenvalue weighted by Crippen LogP contribution is 2.25. The molecule has 1 saturated carbocycles. The Labute approximate surface area is 108 Å². The average Bonchev–Trinajstić information content (AvgIpc) is 2.73. The molecule has 1 N–H and O–H groups in total. The van der Waals surface area contributed by atoms with Crippen molar-refractivity contribution in [3.63, 3.8) is 0 Å². The first-order valence-electron chi connectivity index (χ1n) is 6.55. The summed E-state index contributed by atoms with van der Waals surface area (Å²) in [6.07, 6.45) is 3.79. The zero-order valence-corrected chi connectivity index (χ0v) is 11.0. The van der Waals surface area contributed by atoms with Crippen LogP contribution in [0.2, 0.25) is 0 Å². The predicted octanol–water partition coefficient (Wildman–Crippen LogP) is 3.18. The Balaban J connectivity index is 2.01. The van der Waals surface area contributed by atoms with E-state index in [1.807, 2.05) is 12.1 Å². The summed E-state index contributed by atoms with van der Waals surface area (Å²) in [7, 11) is 0. The maximum Gasteiger partial charge on any atom is 0.272 e. The molecular weight excluding hydrogens is 228 g/mol. The van der Waals surface area contributed by atoms with Gasteiger partial charge in [-0.2, -0.15) is 0 Å². The van der Waals surface area contributed by atoms with Crippen molar-refractivity contribution >= 4 is 5.69 Å². The summed E-state index contributed by atoms with van der Waals surface area (Å²) >= 11 is 0. The third-order valence-corrected chi connectivity index (χ3v) is 3.90. The summed E-state index contributed by atoms with van der Waals surface area (Å²) in [6, 6.07) is 6.04. The first-order chi connectivity index (χ1) is 8.58. The fraction of sp³-hybridized carbons (Fsp3) is 0.571. The molecule has 0 heterocycles. The fourth-order valence-corrected chi connectivity index (χ4v) is 2.66. The summed E-state index contributed by atoms with van der Waals surface area (Å²) in [5, 5.41) is 14.4. The maximum atomic E-state index is 10.9. The van der Waals surface area contributed by atoms with Crippen molar-refractivity contribution in [2.75, 3.05) is 0 Å². The van der Waals surface area contributed by atoms with Gasteiger partial charge in [-0.15, -0.1) is 0 Å². The van der Waals surface area contributed by atoms with Gasteiger partial charge >= 0.3 is 0 Å². The zero-order chi connectivity index (χ0) is 13.1. The molecular formula is C14H20N2O2. The summed E-state index contributed by atoms with van der Waals surface area (Å²) in [4.78, 5) is 10.6. The SMILES string of the molecule is Cc1ccc(CNC2CCCC2C)cc1[N+](=O)[O-]. The minimum Gasteiger partial charge on any atom is -0.310 e. The number of hydrogen-bond acceptors (Lipinski definition) is 3. The van der Waals surface area contributed by atoms with Gasteiger partial charge in [0.2, 0.25) is 0 Å². The van der Waals surface area contributed by atoms with Gasteiger partial charge in [-0.05, 0) is 31.2 Å². The van der Waals surface area contributed by atoms with Crippen LogP contribution in [-0.4, -0.2) is 11.0 Å². The van der Waals surface area contributed by atoms with Crippen LogP contribution in [0.25, 0.3) is 0 Å². The van der Waals surface area contributed by atoms with Gasteiger partial charge in [0.15, 0.2) is 0 Å². The highest BCUT2D eigenvalue weighted by atomic mass is 16.6. The van der Waals surface area contributed by atoms with Crippen molar-refractivity contribution in [1.82, 2.24) is 5.32 Å². The molecule has 4 nitrogen and oxygen atoms in total. The number of hydrogen-bond donors (Lipinski definition) is 1. The lowest BCUT2D eigenvalue weighted by Gasteiger charge is -2.17. The Bertz CT molecular complexity index is 445. The highest BCUT2D eigenvalue weighted by molar-refractivity contribution is 5.42. The average molecular weight is 248 g/mol. The Kier molecular flexibility index (Phi) is 3.97. The molecule has 0 aromatic heterocycles. The number of nitrogens with zero attached hydrogens (tertiary/aromatic N) is 1. The molecule has 0 amide bonds. The molecule has 0 spiro atoms. The van der Waals surface area contributed by atoms with E-state index in [1.165, 1.54) is 19.3 Å². The molecule has 18 heavy (non-hydrogen) atoms. The third kappa shape index (κ3) is 2.88. The Hall–Kier alpha value is -1.42. The fourth-order valence-electron chi connectivity index (χ4n) is 2.66. The summed E-state index contributed by atoms with van der Waals surface area (Å²) < 4.78 is 0. The minimum absolute atomic E-state index is 0.216. The second kappa shape index (κ2) is 5.48. The summed E-state index contributed by atoms with van der Waals surface area (Å²) in [6.45, 7) is 4.76. The van der Waals surface area contributed by atoms with Crippen LogP contribution in [0.4, 0.5) is 5.69 Å². The van der Waals surface area contributed by atoms with Crippen molar-refractivity contribution < 1.29 is 4.92 Å². The van der Waals surface area contributed by atoms with Crippen LogP contribution >= 0.6 is 0 Å². The zero-order valence-electron chi connectivity index (χ0n) is 11.0. The van der Waals surface area contributed by atoms with Crippen LogP contribution in [0, 0.1) is 23.0 Å². The number of nitro groups is 1. The molecule has 0 saturated heterocycles. The topological polar surface area (TPSA) is 55.2 Å². The van der Waals surface area contributed by atoms with Crippen LogP contribution in [0.1, 0.15) is 37.3 Å². The molecule has 1 aromatic carbocycles. The van der Waals surface area contributed by atoms with Gasteiger partial charge in [0.05, 0.1) is 4.92 Å². The maximum absolute atomic E-state index is 10.9. The van der Waals surface area contributed by atoms with Crippen LogP contribution in [0.15, 0.2) is 18.2 Å². The van der Waals surface area contributed by atoms with Crippen LogP contribution in [-0.2, 0) is 6.54 Å². The van der Waals surface area contributed by atoms with Crippen LogP contribution in [0.3, 0.4) is 0 Å². The first-order valence-corrected chi connectivity index (χ1v) is 6.55. The number of aryl methyl sites for hydroxylation is 1. The number of nitrogens with one attached hydrogen (secondary N) is 1. The van der Waals surface area contributed by atoms with Crippen molar-refractivity contribution in [2.45, 2.75) is 45.7 Å². The van der Waals surface area contributed by atoms with E-state index < -0.39 is 0 Å². The number of nitro benzene ring substituents is 1. The van der Waals surface area contributed by atoms with E-state index in [4.69, 9.17) is 0 Å². The van der Waals surface area contributed by atoms with Gasteiger partial charge in [-0.1, -0.05) is 25.5 Å². The molecule has 4 heteroatoms. The molecule has 0 radical (unpaired) electrons. The van der Waals surface area contributed by atoms with E-state index in [1.54, 1.807) is 13.0 Å². The van der Waals surface area contributed by atoms with Gasteiger partial charge in [0.1, 0.15) is 0 Å². The Morgan fingerprint density at radius 3 is 2.83 bits per heavy atom. The Morgan fingerprint density at radius 2 is 2.22 bits per heavy atom. The van der Waals surface area contributed by atoms with E-state index in [0.29, 0.717) is 12.0 Å². The quantitative estimate of drug-likeness (QED) is 0.657. The third-order valence-electron chi connectivity index (χ3n) is 3.90. The first kappa shape index (κ1) is 13.0. The molecule has 1 aromatic rings. The molecule has 0 aliphatic heterocycles. The van der Waals surface area contributed by atoms with Crippen molar-refractivity contribution in [1.29, 1.82) is 0 Å². The second-order valence-electron chi connectivity index (χ2n) is 5.27. The van der Waals surface area contributed by atoms with Crippen molar-refractivity contribution in [3.8, 4) is 0 Å². The molecule has 2 rings (SSSR count). The lowest BCUT2D eigenvalue weighted by atomic mass is 10.1. The lowest BCUT2D eigenvalue weighted by Crippen LogP contribution is -2.30. The number of benzene rings is 1. The van der Waals surface area contributed by atoms with Crippen molar-refractivity contribution in [3.05, 3.63) is 39.4 Å².